The van der Waals surface area contributed by atoms with Gasteiger partial charge >= 0.3 is 6.18 Å². The van der Waals surface area contributed by atoms with Gasteiger partial charge in [0.15, 0.2) is 0 Å². The molecule has 134 valence electrons. The average molecular weight is 346 g/mol. The molecule has 24 heavy (non-hydrogen) atoms. The highest BCUT2D eigenvalue weighted by Gasteiger charge is 2.37. The molecule has 2 rings (SSSR count). The lowest BCUT2D eigenvalue weighted by molar-refractivity contribution is -0.137. The molecule has 0 amide bonds. The fraction of sp³-hybridized carbons (Fsp3) is 0.529. The third kappa shape index (κ3) is 4.72. The summed E-state index contributed by atoms with van der Waals surface area (Å²) in [6.07, 6.45) is -3.42. The van der Waals surface area contributed by atoms with Crippen molar-refractivity contribution >= 4 is 0 Å². The van der Waals surface area contributed by atoms with Gasteiger partial charge in [-0.3, -0.25) is 0 Å². The summed E-state index contributed by atoms with van der Waals surface area (Å²) in [7, 11) is 0. The van der Waals surface area contributed by atoms with Gasteiger partial charge < -0.3 is 20.1 Å². The van der Waals surface area contributed by atoms with Crippen molar-refractivity contribution in [2.75, 3.05) is 6.61 Å². The lowest BCUT2D eigenvalue weighted by Crippen LogP contribution is -2.19. The van der Waals surface area contributed by atoms with Gasteiger partial charge in [-0.1, -0.05) is 25.1 Å². The van der Waals surface area contributed by atoms with Gasteiger partial charge in [-0.25, -0.2) is 0 Å². The molecule has 3 N–H and O–H groups in total. The van der Waals surface area contributed by atoms with E-state index in [1.54, 1.807) is 13.0 Å². The summed E-state index contributed by atoms with van der Waals surface area (Å²) in [4.78, 5) is 0. The van der Waals surface area contributed by atoms with Crippen molar-refractivity contribution in [1.82, 2.24) is 0 Å². The molecule has 1 aliphatic rings. The van der Waals surface area contributed by atoms with Crippen molar-refractivity contribution in [3.63, 3.8) is 0 Å². The van der Waals surface area contributed by atoms with Gasteiger partial charge in [-0.2, -0.15) is 13.2 Å². The number of halogens is 3. The molecule has 0 unspecified atom stereocenters. The Hall–Kier alpha value is -1.57. The van der Waals surface area contributed by atoms with Crippen molar-refractivity contribution in [3.8, 4) is 5.75 Å². The van der Waals surface area contributed by atoms with E-state index in [4.69, 9.17) is 4.74 Å². The summed E-state index contributed by atoms with van der Waals surface area (Å²) < 4.78 is 43.0. The molecular formula is C17H21F3O4. The lowest BCUT2D eigenvalue weighted by atomic mass is 9.95. The SMILES string of the molecule is C[C@@H]1[C@@H](/C=C/[C@H](O)COc2cccc(C(F)(F)F)c2)[C@H](O)C[C@@H]1O. The van der Waals surface area contributed by atoms with E-state index in [-0.39, 0.29) is 30.6 Å². The number of aliphatic hydroxyl groups is 3. The summed E-state index contributed by atoms with van der Waals surface area (Å²) in [5, 5.41) is 29.4. The quantitative estimate of drug-likeness (QED) is 0.716. The van der Waals surface area contributed by atoms with Crippen molar-refractivity contribution in [2.45, 2.75) is 37.8 Å². The van der Waals surface area contributed by atoms with Crippen LogP contribution in [-0.2, 0) is 6.18 Å². The van der Waals surface area contributed by atoms with Crippen molar-refractivity contribution in [1.29, 1.82) is 0 Å². The van der Waals surface area contributed by atoms with E-state index in [0.717, 1.165) is 12.1 Å². The monoisotopic (exact) mass is 346 g/mol. The molecule has 0 aliphatic heterocycles. The molecule has 5 atom stereocenters. The summed E-state index contributed by atoms with van der Waals surface area (Å²) in [6.45, 7) is 1.60. The zero-order valence-corrected chi connectivity index (χ0v) is 13.1. The van der Waals surface area contributed by atoms with Gasteiger partial charge in [0.25, 0.3) is 0 Å². The topological polar surface area (TPSA) is 69.9 Å². The van der Waals surface area contributed by atoms with Crippen LogP contribution in [0.15, 0.2) is 36.4 Å². The maximum absolute atomic E-state index is 12.6. The van der Waals surface area contributed by atoms with E-state index in [1.807, 2.05) is 0 Å². The molecule has 0 radical (unpaired) electrons. The predicted octanol–water partition coefficient (Wildman–Crippen LogP) is 2.38. The molecule has 0 aromatic heterocycles. The van der Waals surface area contributed by atoms with E-state index in [2.05, 4.69) is 0 Å². The normalized spacial score (nSPS) is 29.1. The van der Waals surface area contributed by atoms with Crippen LogP contribution in [0.5, 0.6) is 5.75 Å². The fourth-order valence-corrected chi connectivity index (χ4v) is 2.79. The van der Waals surface area contributed by atoms with E-state index in [9.17, 15) is 28.5 Å². The molecule has 1 aromatic carbocycles. The number of benzene rings is 1. The minimum atomic E-state index is -4.45. The highest BCUT2D eigenvalue weighted by molar-refractivity contribution is 5.30. The average Bonchev–Trinajstić information content (AvgIpc) is 2.75. The Bertz CT molecular complexity index is 573. The van der Waals surface area contributed by atoms with E-state index in [0.29, 0.717) is 0 Å². The number of rotatable bonds is 5. The second-order valence-corrected chi connectivity index (χ2v) is 6.10. The van der Waals surface area contributed by atoms with Crippen LogP contribution in [0.3, 0.4) is 0 Å². The Kier molecular flexibility index (Phi) is 5.90. The Balaban J connectivity index is 1.89. The van der Waals surface area contributed by atoms with Gasteiger partial charge in [-0.05, 0) is 24.1 Å². The molecule has 1 aromatic rings. The predicted molar refractivity (Wildman–Crippen MR) is 81.4 cm³/mol. The first-order chi connectivity index (χ1) is 11.2. The van der Waals surface area contributed by atoms with Crippen LogP contribution in [-0.4, -0.2) is 40.2 Å². The smallest absolute Gasteiger partial charge is 0.416 e. The van der Waals surface area contributed by atoms with Crippen LogP contribution < -0.4 is 4.74 Å². The first-order valence-corrected chi connectivity index (χ1v) is 7.71. The maximum atomic E-state index is 12.6. The number of aliphatic hydroxyl groups excluding tert-OH is 3. The van der Waals surface area contributed by atoms with Crippen LogP contribution in [0.4, 0.5) is 13.2 Å². The second kappa shape index (κ2) is 7.55. The van der Waals surface area contributed by atoms with Crippen LogP contribution in [0.2, 0.25) is 0 Å². The lowest BCUT2D eigenvalue weighted by Gasteiger charge is -2.16. The largest absolute Gasteiger partial charge is 0.491 e. The van der Waals surface area contributed by atoms with Crippen LogP contribution in [0.1, 0.15) is 18.9 Å². The molecule has 0 saturated heterocycles. The summed E-state index contributed by atoms with van der Waals surface area (Å²) >= 11 is 0. The number of hydrogen-bond acceptors (Lipinski definition) is 4. The van der Waals surface area contributed by atoms with Crippen LogP contribution >= 0.6 is 0 Å². The number of alkyl halides is 3. The minimum absolute atomic E-state index is 0.0157. The summed E-state index contributed by atoms with van der Waals surface area (Å²) in [5.41, 5.74) is -0.818. The first-order valence-electron chi connectivity index (χ1n) is 7.71. The molecule has 0 bridgehead atoms. The molecule has 0 spiro atoms. The van der Waals surface area contributed by atoms with Crippen molar-refractivity contribution in [2.24, 2.45) is 11.8 Å². The number of ether oxygens (including phenoxy) is 1. The van der Waals surface area contributed by atoms with Gasteiger partial charge in [-0.15, -0.1) is 0 Å². The first kappa shape index (κ1) is 18.8. The van der Waals surface area contributed by atoms with Crippen LogP contribution in [0, 0.1) is 11.8 Å². The van der Waals surface area contributed by atoms with E-state index in [1.165, 1.54) is 18.2 Å². The fourth-order valence-electron chi connectivity index (χ4n) is 2.79. The standard InChI is InChI=1S/C17H21F3O4/c1-10-14(16(23)8-15(10)22)6-5-12(21)9-24-13-4-2-3-11(7-13)17(18,19)20/h2-7,10,12,14-16,21-23H,8-9H2,1H3/b6-5+/t10-,12+,14-,15+,16-/m1/s1. The molecular weight excluding hydrogens is 325 g/mol. The van der Waals surface area contributed by atoms with Gasteiger partial charge in [0.2, 0.25) is 0 Å². The second-order valence-electron chi connectivity index (χ2n) is 6.10. The van der Waals surface area contributed by atoms with Crippen molar-refractivity contribution < 1.29 is 33.2 Å². The molecule has 1 aliphatic carbocycles. The highest BCUT2D eigenvalue weighted by atomic mass is 19.4. The Morgan fingerprint density at radius 1 is 1.29 bits per heavy atom. The Morgan fingerprint density at radius 3 is 2.58 bits per heavy atom. The van der Waals surface area contributed by atoms with Gasteiger partial charge in [0, 0.05) is 12.3 Å². The molecule has 1 fully saturated rings. The molecule has 4 nitrogen and oxygen atoms in total. The molecule has 1 saturated carbocycles. The summed E-state index contributed by atoms with van der Waals surface area (Å²) in [5.74, 6) is -0.391. The van der Waals surface area contributed by atoms with Gasteiger partial charge in [0.1, 0.15) is 18.5 Å². The van der Waals surface area contributed by atoms with E-state index >= 15 is 0 Å². The third-order valence-electron chi connectivity index (χ3n) is 4.28. The van der Waals surface area contributed by atoms with E-state index < -0.39 is 30.1 Å². The minimum Gasteiger partial charge on any atom is -0.491 e. The third-order valence-corrected chi connectivity index (χ3v) is 4.28. The van der Waals surface area contributed by atoms with Crippen molar-refractivity contribution in [3.05, 3.63) is 42.0 Å². The molecule has 0 heterocycles. The highest BCUT2D eigenvalue weighted by Crippen LogP contribution is 2.33. The Morgan fingerprint density at radius 2 is 2.00 bits per heavy atom. The zero-order chi connectivity index (χ0) is 17.9. The molecule has 7 heteroatoms. The maximum Gasteiger partial charge on any atom is 0.416 e. The zero-order valence-electron chi connectivity index (χ0n) is 13.1. The van der Waals surface area contributed by atoms with Crippen LogP contribution in [0.25, 0.3) is 0 Å². The number of hydrogen-bond donors (Lipinski definition) is 3. The van der Waals surface area contributed by atoms with Gasteiger partial charge in [0.05, 0.1) is 17.8 Å². The summed E-state index contributed by atoms with van der Waals surface area (Å²) in [6, 6.07) is 4.43. The Labute approximate surface area is 138 Å².